The normalized spacial score (nSPS) is 12.6. The average Bonchev–Trinajstić information content (AvgIpc) is 3.90. The second-order valence-corrected chi connectivity index (χ2v) is 17.6. The molecule has 12 aromatic rings. The third-order valence-corrected chi connectivity index (χ3v) is 14.0. The molecule has 13 rings (SSSR count). The second-order valence-electron chi connectivity index (χ2n) is 17.6. The van der Waals surface area contributed by atoms with Crippen molar-refractivity contribution in [2.75, 3.05) is 4.90 Å². The zero-order valence-electron chi connectivity index (χ0n) is 36.8. The molecule has 2 nitrogen and oxygen atoms in total. The first-order chi connectivity index (χ1) is 33.3. The summed E-state index contributed by atoms with van der Waals surface area (Å²) in [7, 11) is 0. The van der Waals surface area contributed by atoms with Crippen molar-refractivity contribution in [2.24, 2.45) is 0 Å². The maximum Gasteiger partial charge on any atom is 0.0714 e. The highest BCUT2D eigenvalue weighted by molar-refractivity contribution is 6.10. The van der Waals surface area contributed by atoms with Crippen molar-refractivity contribution in [2.45, 2.75) is 5.41 Å². The Morgan fingerprint density at radius 3 is 1.69 bits per heavy atom. The average molecular weight is 853 g/mol. The van der Waals surface area contributed by atoms with Gasteiger partial charge in [-0.05, 0) is 110 Å². The molecule has 0 radical (unpaired) electrons. The van der Waals surface area contributed by atoms with Gasteiger partial charge >= 0.3 is 0 Å². The summed E-state index contributed by atoms with van der Waals surface area (Å²) in [4.78, 5) is 2.41. The first-order valence-corrected chi connectivity index (χ1v) is 23.2. The van der Waals surface area contributed by atoms with Crippen molar-refractivity contribution in [3.8, 4) is 39.1 Å². The van der Waals surface area contributed by atoms with Crippen molar-refractivity contribution < 1.29 is 0 Å². The molecule has 314 valence electrons. The Kier molecular flexibility index (Phi) is 9.11. The van der Waals surface area contributed by atoms with Gasteiger partial charge in [-0.1, -0.05) is 212 Å². The second kappa shape index (κ2) is 15.8. The number of anilines is 3. The maximum atomic E-state index is 2.49. The summed E-state index contributed by atoms with van der Waals surface area (Å²) in [5.41, 5.74) is 18.7. The van der Waals surface area contributed by atoms with Crippen LogP contribution in [0, 0.1) is 0 Å². The van der Waals surface area contributed by atoms with E-state index in [9.17, 15) is 0 Å². The fourth-order valence-electron chi connectivity index (χ4n) is 11.2. The molecule has 67 heavy (non-hydrogen) atoms. The van der Waals surface area contributed by atoms with Crippen molar-refractivity contribution in [1.82, 2.24) is 4.57 Å². The standard InChI is InChI=1S/C65H44N2/c1-4-24-49(25-5-1)65(50-26-6-2-7-27-50)59-34-15-12-32-55(59)56-41-39-52(44-60(56)65)67-63-36-17-14-33-57(63)58-40-38-47(43-64(58)67)46-22-18-23-48(42-46)54-31-13-16-35-61(54)66(51-28-8-3-9-29-51)62-37-19-21-45-20-10-11-30-53(45)62/h1-44H. The number of hydrogen-bond acceptors (Lipinski definition) is 1. The minimum absolute atomic E-state index is 0.491. The smallest absolute Gasteiger partial charge is 0.0714 e. The van der Waals surface area contributed by atoms with Crippen molar-refractivity contribution >= 4 is 49.6 Å². The number of rotatable bonds is 8. The summed E-state index contributed by atoms with van der Waals surface area (Å²) >= 11 is 0. The van der Waals surface area contributed by atoms with Crippen LogP contribution in [0.4, 0.5) is 17.1 Å². The lowest BCUT2D eigenvalue weighted by atomic mass is 9.67. The van der Waals surface area contributed by atoms with Crippen LogP contribution in [0.2, 0.25) is 0 Å². The number of aromatic nitrogens is 1. The van der Waals surface area contributed by atoms with E-state index < -0.39 is 5.41 Å². The van der Waals surface area contributed by atoms with E-state index in [-0.39, 0.29) is 0 Å². The summed E-state index contributed by atoms with van der Waals surface area (Å²) < 4.78 is 2.49. The zero-order chi connectivity index (χ0) is 44.3. The highest BCUT2D eigenvalue weighted by Gasteiger charge is 2.46. The molecule has 0 saturated heterocycles. The van der Waals surface area contributed by atoms with E-state index in [1.165, 1.54) is 77.1 Å². The molecule has 1 aliphatic rings. The van der Waals surface area contributed by atoms with Gasteiger partial charge in [0.05, 0.1) is 27.8 Å². The Morgan fingerprint density at radius 1 is 0.313 bits per heavy atom. The molecule has 0 amide bonds. The topological polar surface area (TPSA) is 8.17 Å². The number of para-hydroxylation sites is 3. The molecule has 0 aliphatic heterocycles. The van der Waals surface area contributed by atoms with Gasteiger partial charge in [-0.15, -0.1) is 0 Å². The van der Waals surface area contributed by atoms with Gasteiger partial charge in [0.25, 0.3) is 0 Å². The van der Waals surface area contributed by atoms with E-state index in [1.807, 2.05) is 0 Å². The van der Waals surface area contributed by atoms with E-state index in [1.54, 1.807) is 0 Å². The Bertz CT molecular complexity index is 3770. The lowest BCUT2D eigenvalue weighted by Gasteiger charge is -2.34. The lowest BCUT2D eigenvalue weighted by molar-refractivity contribution is 0.767. The molecule has 0 fully saturated rings. The van der Waals surface area contributed by atoms with Crippen LogP contribution in [-0.4, -0.2) is 4.57 Å². The van der Waals surface area contributed by atoms with Crippen molar-refractivity contribution in [3.63, 3.8) is 0 Å². The van der Waals surface area contributed by atoms with Crippen LogP contribution in [0.5, 0.6) is 0 Å². The number of benzene rings is 11. The molecule has 1 heterocycles. The van der Waals surface area contributed by atoms with E-state index in [2.05, 4.69) is 276 Å². The molecule has 0 atom stereocenters. The Hall–Kier alpha value is -8.72. The van der Waals surface area contributed by atoms with Gasteiger partial charge in [0.2, 0.25) is 0 Å². The summed E-state index contributed by atoms with van der Waals surface area (Å²) in [6, 6.07) is 98.0. The molecular weight excluding hydrogens is 809 g/mol. The number of fused-ring (bicyclic) bond motifs is 7. The van der Waals surface area contributed by atoms with Crippen LogP contribution in [0.3, 0.4) is 0 Å². The first kappa shape index (κ1) is 38.7. The third-order valence-electron chi connectivity index (χ3n) is 14.0. The molecule has 11 aromatic carbocycles. The Balaban J connectivity index is 0.980. The van der Waals surface area contributed by atoms with Crippen LogP contribution in [0.25, 0.3) is 71.6 Å². The van der Waals surface area contributed by atoms with Gasteiger partial charge in [-0.3, -0.25) is 0 Å². The quantitative estimate of drug-likeness (QED) is 0.148. The van der Waals surface area contributed by atoms with Crippen LogP contribution < -0.4 is 4.90 Å². The van der Waals surface area contributed by atoms with Crippen LogP contribution >= 0.6 is 0 Å². The predicted molar refractivity (Wildman–Crippen MR) is 281 cm³/mol. The molecule has 1 aromatic heterocycles. The summed E-state index contributed by atoms with van der Waals surface area (Å²) in [6.07, 6.45) is 0. The minimum atomic E-state index is -0.491. The Labute approximate surface area is 390 Å². The molecule has 1 aliphatic carbocycles. The van der Waals surface area contributed by atoms with Gasteiger partial charge in [-0.2, -0.15) is 0 Å². The van der Waals surface area contributed by atoms with Crippen LogP contribution in [0.1, 0.15) is 22.3 Å². The molecule has 0 N–H and O–H groups in total. The highest BCUT2D eigenvalue weighted by atomic mass is 15.1. The number of hydrogen-bond donors (Lipinski definition) is 0. The minimum Gasteiger partial charge on any atom is -0.309 e. The zero-order valence-corrected chi connectivity index (χ0v) is 36.8. The monoisotopic (exact) mass is 852 g/mol. The fourth-order valence-corrected chi connectivity index (χ4v) is 11.2. The Morgan fingerprint density at radius 2 is 0.881 bits per heavy atom. The molecule has 2 heteroatoms. The van der Waals surface area contributed by atoms with Crippen molar-refractivity contribution in [3.05, 3.63) is 289 Å². The molecular formula is C65H44N2. The predicted octanol–water partition coefficient (Wildman–Crippen LogP) is 17.1. The van der Waals surface area contributed by atoms with Crippen LogP contribution in [0.15, 0.2) is 267 Å². The molecule has 0 saturated carbocycles. The fraction of sp³-hybridized carbons (Fsp3) is 0.0154. The SMILES string of the molecule is c1ccc(N(c2ccccc2-c2cccc(-c3ccc4c5ccccc5n(-c5ccc6c(c5)C(c5ccccc5)(c5ccccc5)c5ccccc5-6)c4c3)c2)c2cccc3ccccc23)cc1. The molecule has 0 unspecified atom stereocenters. The van der Waals surface area contributed by atoms with E-state index in [0.29, 0.717) is 0 Å². The van der Waals surface area contributed by atoms with Gasteiger partial charge < -0.3 is 9.47 Å². The summed E-state index contributed by atoms with van der Waals surface area (Å²) in [5.74, 6) is 0. The maximum absolute atomic E-state index is 2.49. The largest absolute Gasteiger partial charge is 0.309 e. The molecule has 0 spiro atoms. The number of nitrogens with zero attached hydrogens (tertiary/aromatic N) is 2. The van der Waals surface area contributed by atoms with E-state index in [4.69, 9.17) is 0 Å². The summed E-state index contributed by atoms with van der Waals surface area (Å²) in [6.45, 7) is 0. The van der Waals surface area contributed by atoms with Gasteiger partial charge in [-0.25, -0.2) is 0 Å². The lowest BCUT2D eigenvalue weighted by Crippen LogP contribution is -2.28. The summed E-state index contributed by atoms with van der Waals surface area (Å²) in [5, 5.41) is 4.89. The van der Waals surface area contributed by atoms with Gasteiger partial charge in [0.1, 0.15) is 0 Å². The third kappa shape index (κ3) is 6.11. The first-order valence-electron chi connectivity index (χ1n) is 23.2. The van der Waals surface area contributed by atoms with E-state index in [0.717, 1.165) is 33.9 Å². The van der Waals surface area contributed by atoms with Gasteiger partial charge in [0.15, 0.2) is 0 Å². The van der Waals surface area contributed by atoms with Crippen LogP contribution in [-0.2, 0) is 5.41 Å². The molecule has 0 bridgehead atoms. The highest BCUT2D eigenvalue weighted by Crippen LogP contribution is 2.56. The van der Waals surface area contributed by atoms with Gasteiger partial charge in [0, 0.05) is 33.1 Å². The van der Waals surface area contributed by atoms with E-state index >= 15 is 0 Å². The van der Waals surface area contributed by atoms with Crippen molar-refractivity contribution in [1.29, 1.82) is 0 Å².